The molecule has 146 valence electrons. The average Bonchev–Trinajstić information content (AvgIpc) is 3.06. The van der Waals surface area contributed by atoms with Gasteiger partial charge in [0.05, 0.1) is 18.0 Å². The number of carbonyl (C=O) groups excluding carboxylic acids is 2. The number of thiophene rings is 1. The van der Waals surface area contributed by atoms with Crippen LogP contribution in [0.1, 0.15) is 30.4 Å². The standard InChI is InChI=1S/C20H20N2O5S/c1-20(2,3)27-19(24)22-12-5-7-13(8-6-12)26-15-10-21-11-17-14(15)9-16(28-17)18(23)25-4/h5-11H,1-4H3,(H,22,24). The maximum Gasteiger partial charge on any atom is 0.412 e. The fourth-order valence-electron chi connectivity index (χ4n) is 2.37. The maximum absolute atomic E-state index is 11.8. The van der Waals surface area contributed by atoms with Gasteiger partial charge in [-0.05, 0) is 51.1 Å². The van der Waals surface area contributed by atoms with Crippen LogP contribution in [0.5, 0.6) is 11.5 Å². The Morgan fingerprint density at radius 2 is 1.82 bits per heavy atom. The number of carbonyl (C=O) groups is 2. The van der Waals surface area contributed by atoms with E-state index in [1.807, 2.05) is 0 Å². The summed E-state index contributed by atoms with van der Waals surface area (Å²) in [5, 5.41) is 3.44. The molecule has 3 aromatic rings. The molecule has 2 aromatic heterocycles. The zero-order valence-electron chi connectivity index (χ0n) is 15.9. The molecule has 0 unspecified atom stereocenters. The van der Waals surface area contributed by atoms with E-state index in [0.29, 0.717) is 22.1 Å². The first-order chi connectivity index (χ1) is 13.2. The van der Waals surface area contributed by atoms with Crippen molar-refractivity contribution in [2.45, 2.75) is 26.4 Å². The second-order valence-electron chi connectivity index (χ2n) is 6.91. The summed E-state index contributed by atoms with van der Waals surface area (Å²) in [5.74, 6) is 0.691. The zero-order chi connectivity index (χ0) is 20.3. The van der Waals surface area contributed by atoms with E-state index >= 15 is 0 Å². The summed E-state index contributed by atoms with van der Waals surface area (Å²) in [6.45, 7) is 5.40. The van der Waals surface area contributed by atoms with Crippen LogP contribution in [0.15, 0.2) is 42.7 Å². The average molecular weight is 400 g/mol. The molecule has 28 heavy (non-hydrogen) atoms. The fraction of sp³-hybridized carbons (Fsp3) is 0.250. The Balaban J connectivity index is 1.74. The van der Waals surface area contributed by atoms with E-state index in [4.69, 9.17) is 14.2 Å². The largest absolute Gasteiger partial charge is 0.465 e. The van der Waals surface area contributed by atoms with E-state index in [1.54, 1.807) is 63.5 Å². The first-order valence-corrected chi connectivity index (χ1v) is 9.30. The molecule has 1 N–H and O–H groups in total. The highest BCUT2D eigenvalue weighted by Gasteiger charge is 2.16. The van der Waals surface area contributed by atoms with Gasteiger partial charge < -0.3 is 14.2 Å². The Hall–Kier alpha value is -3.13. The minimum Gasteiger partial charge on any atom is -0.465 e. The minimum atomic E-state index is -0.567. The molecule has 1 amide bonds. The monoisotopic (exact) mass is 400 g/mol. The number of hydrogen-bond acceptors (Lipinski definition) is 7. The molecule has 0 aliphatic heterocycles. The molecule has 0 saturated heterocycles. The van der Waals surface area contributed by atoms with Crippen LogP contribution in [0.25, 0.3) is 10.1 Å². The SMILES string of the molecule is COC(=O)c1cc2c(Oc3ccc(NC(=O)OC(C)(C)C)cc3)cncc2s1. The number of nitrogens with zero attached hydrogens (tertiary/aromatic N) is 1. The molecule has 2 heterocycles. The summed E-state index contributed by atoms with van der Waals surface area (Å²) in [7, 11) is 1.34. The van der Waals surface area contributed by atoms with E-state index < -0.39 is 17.7 Å². The number of hydrogen-bond donors (Lipinski definition) is 1. The van der Waals surface area contributed by atoms with E-state index in [-0.39, 0.29) is 0 Å². The summed E-state index contributed by atoms with van der Waals surface area (Å²) in [6, 6.07) is 8.58. The van der Waals surface area contributed by atoms with Gasteiger partial charge in [-0.3, -0.25) is 10.3 Å². The van der Waals surface area contributed by atoms with Gasteiger partial charge >= 0.3 is 12.1 Å². The van der Waals surface area contributed by atoms with Gasteiger partial charge in [0, 0.05) is 17.3 Å². The lowest BCUT2D eigenvalue weighted by atomic mass is 10.2. The van der Waals surface area contributed by atoms with Gasteiger partial charge in [-0.15, -0.1) is 11.3 Å². The summed E-state index contributed by atoms with van der Waals surface area (Å²) in [6.07, 6.45) is 2.74. The fourth-order valence-corrected chi connectivity index (χ4v) is 3.34. The molecule has 0 bridgehead atoms. The quantitative estimate of drug-likeness (QED) is 0.604. The van der Waals surface area contributed by atoms with Crippen LogP contribution in [-0.2, 0) is 9.47 Å². The molecule has 0 radical (unpaired) electrons. The molecule has 0 spiro atoms. The van der Waals surface area contributed by atoms with Gasteiger partial charge in [0.1, 0.15) is 16.2 Å². The number of benzene rings is 1. The third-order valence-corrected chi connectivity index (χ3v) is 4.57. The molecule has 8 heteroatoms. The number of methoxy groups -OCH3 is 1. The number of anilines is 1. The summed E-state index contributed by atoms with van der Waals surface area (Å²) in [5.41, 5.74) is 0.0176. The first-order valence-electron chi connectivity index (χ1n) is 8.49. The van der Waals surface area contributed by atoms with Crippen molar-refractivity contribution in [3.8, 4) is 11.5 Å². The lowest BCUT2D eigenvalue weighted by Gasteiger charge is -2.19. The molecule has 7 nitrogen and oxygen atoms in total. The van der Waals surface area contributed by atoms with Gasteiger partial charge in [-0.25, -0.2) is 9.59 Å². The number of nitrogens with one attached hydrogen (secondary N) is 1. The first kappa shape index (κ1) is 19.6. The lowest BCUT2D eigenvalue weighted by molar-refractivity contribution is 0.0603. The van der Waals surface area contributed by atoms with Crippen molar-refractivity contribution in [1.29, 1.82) is 0 Å². The molecule has 0 saturated carbocycles. The topological polar surface area (TPSA) is 86.8 Å². The highest BCUT2D eigenvalue weighted by atomic mass is 32.1. The minimum absolute atomic E-state index is 0.398. The van der Waals surface area contributed by atoms with Crippen molar-refractivity contribution in [2.24, 2.45) is 0 Å². The third kappa shape index (κ3) is 4.77. The molecule has 3 rings (SSSR count). The van der Waals surface area contributed by atoms with Crippen molar-refractivity contribution < 1.29 is 23.8 Å². The third-order valence-electron chi connectivity index (χ3n) is 3.52. The highest BCUT2D eigenvalue weighted by Crippen LogP contribution is 2.34. The van der Waals surface area contributed by atoms with E-state index in [2.05, 4.69) is 10.3 Å². The molecular weight excluding hydrogens is 380 g/mol. The number of fused-ring (bicyclic) bond motifs is 1. The number of ether oxygens (including phenoxy) is 3. The van der Waals surface area contributed by atoms with Crippen LogP contribution < -0.4 is 10.1 Å². The Kier molecular flexibility index (Phi) is 5.51. The van der Waals surface area contributed by atoms with Crippen LogP contribution in [0.4, 0.5) is 10.5 Å². The normalized spacial score (nSPS) is 11.1. The Bertz CT molecular complexity index is 1010. The number of esters is 1. The van der Waals surface area contributed by atoms with Crippen LogP contribution >= 0.6 is 11.3 Å². The van der Waals surface area contributed by atoms with Crippen molar-refractivity contribution in [2.75, 3.05) is 12.4 Å². The number of rotatable bonds is 4. The predicted molar refractivity (Wildman–Crippen MR) is 107 cm³/mol. The van der Waals surface area contributed by atoms with Crippen LogP contribution in [0.3, 0.4) is 0 Å². The molecule has 0 fully saturated rings. The van der Waals surface area contributed by atoms with Crippen molar-refractivity contribution in [1.82, 2.24) is 4.98 Å². The smallest absolute Gasteiger partial charge is 0.412 e. The molecule has 1 aromatic carbocycles. The van der Waals surface area contributed by atoms with Gasteiger partial charge in [-0.2, -0.15) is 0 Å². The number of pyridine rings is 1. The van der Waals surface area contributed by atoms with Gasteiger partial charge in [0.15, 0.2) is 5.75 Å². The predicted octanol–water partition coefficient (Wildman–Crippen LogP) is 5.22. The summed E-state index contributed by atoms with van der Waals surface area (Å²) >= 11 is 1.29. The van der Waals surface area contributed by atoms with E-state index in [0.717, 1.165) is 10.1 Å². The number of aromatic nitrogens is 1. The Morgan fingerprint density at radius 3 is 2.46 bits per heavy atom. The zero-order valence-corrected chi connectivity index (χ0v) is 16.8. The van der Waals surface area contributed by atoms with Gasteiger partial charge in [0.25, 0.3) is 0 Å². The summed E-state index contributed by atoms with van der Waals surface area (Å²) in [4.78, 5) is 28.2. The van der Waals surface area contributed by atoms with Crippen LogP contribution in [-0.4, -0.2) is 29.8 Å². The second-order valence-corrected chi connectivity index (χ2v) is 7.99. The van der Waals surface area contributed by atoms with Crippen molar-refractivity contribution >= 4 is 39.2 Å². The second kappa shape index (κ2) is 7.85. The van der Waals surface area contributed by atoms with Crippen molar-refractivity contribution in [3.05, 3.63) is 47.6 Å². The Morgan fingerprint density at radius 1 is 1.11 bits per heavy atom. The number of amides is 1. The van der Waals surface area contributed by atoms with Crippen molar-refractivity contribution in [3.63, 3.8) is 0 Å². The maximum atomic E-state index is 11.8. The van der Waals surface area contributed by atoms with Gasteiger partial charge in [0.2, 0.25) is 0 Å². The molecule has 0 atom stereocenters. The van der Waals surface area contributed by atoms with Crippen LogP contribution in [0, 0.1) is 0 Å². The highest BCUT2D eigenvalue weighted by molar-refractivity contribution is 7.20. The summed E-state index contributed by atoms with van der Waals surface area (Å²) < 4.78 is 16.7. The lowest BCUT2D eigenvalue weighted by Crippen LogP contribution is -2.27. The molecule has 0 aliphatic carbocycles. The van der Waals surface area contributed by atoms with Crippen LogP contribution in [0.2, 0.25) is 0 Å². The molecule has 0 aliphatic rings. The Labute approximate surface area is 166 Å². The van der Waals surface area contributed by atoms with E-state index in [9.17, 15) is 9.59 Å². The molecular formula is C20H20N2O5S. The van der Waals surface area contributed by atoms with Gasteiger partial charge in [-0.1, -0.05) is 0 Å². The van der Waals surface area contributed by atoms with E-state index in [1.165, 1.54) is 18.4 Å².